The zero-order chi connectivity index (χ0) is 16.6. The molecule has 7 heteroatoms. The molecule has 1 aromatic rings. The first-order chi connectivity index (χ1) is 11.0. The number of carbonyl (C=O) groups is 3. The summed E-state index contributed by atoms with van der Waals surface area (Å²) in [7, 11) is 0. The number of halogens is 1. The monoisotopic (exact) mass is 319 g/mol. The number of nitrogens with one attached hydrogen (secondary N) is 1. The predicted molar refractivity (Wildman–Crippen MR) is 80.2 cm³/mol. The van der Waals surface area contributed by atoms with Gasteiger partial charge in [0.1, 0.15) is 11.4 Å². The molecule has 0 radical (unpaired) electrons. The van der Waals surface area contributed by atoms with Crippen LogP contribution in [0.2, 0.25) is 0 Å². The van der Waals surface area contributed by atoms with E-state index in [-0.39, 0.29) is 23.4 Å². The Labute approximate surface area is 133 Å². The molecule has 23 heavy (non-hydrogen) atoms. The van der Waals surface area contributed by atoms with E-state index in [2.05, 4.69) is 5.32 Å². The van der Waals surface area contributed by atoms with Crippen LogP contribution in [0.1, 0.15) is 30.1 Å². The number of likely N-dealkylation sites (N-methyl/N-ethyl adjacent to an activating group) is 1. The highest BCUT2D eigenvalue weighted by Crippen LogP contribution is 2.30. The quantitative estimate of drug-likeness (QED) is 0.837. The number of rotatable bonds is 2. The van der Waals surface area contributed by atoms with E-state index in [1.165, 1.54) is 23.1 Å². The van der Waals surface area contributed by atoms with Gasteiger partial charge in [0.25, 0.3) is 11.8 Å². The van der Waals surface area contributed by atoms with Crippen LogP contribution in [0.3, 0.4) is 0 Å². The summed E-state index contributed by atoms with van der Waals surface area (Å²) in [6.45, 7) is 2.77. The van der Waals surface area contributed by atoms with Crippen molar-refractivity contribution < 1.29 is 18.8 Å². The van der Waals surface area contributed by atoms with E-state index >= 15 is 0 Å². The fourth-order valence-electron chi connectivity index (χ4n) is 3.20. The second kappa shape index (κ2) is 5.64. The van der Waals surface area contributed by atoms with Crippen molar-refractivity contribution >= 4 is 17.8 Å². The molecule has 6 nitrogen and oxygen atoms in total. The fraction of sp³-hybridized carbons (Fsp3) is 0.438. The van der Waals surface area contributed by atoms with E-state index in [9.17, 15) is 18.8 Å². The third kappa shape index (κ3) is 2.56. The van der Waals surface area contributed by atoms with Crippen molar-refractivity contribution in [3.8, 4) is 0 Å². The number of amides is 4. The van der Waals surface area contributed by atoms with E-state index in [0.717, 1.165) is 0 Å². The zero-order valence-electron chi connectivity index (χ0n) is 12.8. The van der Waals surface area contributed by atoms with Gasteiger partial charge in [0.2, 0.25) is 0 Å². The minimum absolute atomic E-state index is 0.220. The molecule has 1 N–H and O–H groups in total. The molecule has 0 bridgehead atoms. The Morgan fingerprint density at radius 1 is 1.30 bits per heavy atom. The van der Waals surface area contributed by atoms with Crippen LogP contribution in [0.15, 0.2) is 24.3 Å². The van der Waals surface area contributed by atoms with Gasteiger partial charge >= 0.3 is 6.03 Å². The molecule has 2 aliphatic rings. The number of likely N-dealkylation sites (tertiary alicyclic amines) is 1. The summed E-state index contributed by atoms with van der Waals surface area (Å²) < 4.78 is 13.2. The van der Waals surface area contributed by atoms with Crippen LogP contribution in [0.5, 0.6) is 0 Å². The van der Waals surface area contributed by atoms with Crippen LogP contribution >= 0.6 is 0 Å². The van der Waals surface area contributed by atoms with Gasteiger partial charge in [0.15, 0.2) is 0 Å². The first kappa shape index (κ1) is 15.5. The Balaban J connectivity index is 1.70. The lowest BCUT2D eigenvalue weighted by Crippen LogP contribution is -2.55. The van der Waals surface area contributed by atoms with Gasteiger partial charge in [-0.1, -0.05) is 6.07 Å². The van der Waals surface area contributed by atoms with Gasteiger partial charge in [-0.3, -0.25) is 14.5 Å². The van der Waals surface area contributed by atoms with Crippen LogP contribution in [0.25, 0.3) is 0 Å². The zero-order valence-corrected chi connectivity index (χ0v) is 12.8. The summed E-state index contributed by atoms with van der Waals surface area (Å²) >= 11 is 0. The van der Waals surface area contributed by atoms with E-state index in [0.29, 0.717) is 32.5 Å². The number of benzene rings is 1. The fourth-order valence-corrected chi connectivity index (χ4v) is 3.20. The lowest BCUT2D eigenvalue weighted by Gasteiger charge is -2.37. The number of hydrogen-bond acceptors (Lipinski definition) is 3. The minimum atomic E-state index is -0.897. The van der Waals surface area contributed by atoms with Crippen molar-refractivity contribution in [1.29, 1.82) is 0 Å². The molecular weight excluding hydrogens is 301 g/mol. The number of carbonyl (C=O) groups excluding carboxylic acids is 3. The first-order valence-electron chi connectivity index (χ1n) is 7.66. The van der Waals surface area contributed by atoms with Crippen molar-refractivity contribution in [3.05, 3.63) is 35.6 Å². The average Bonchev–Trinajstić information content (AvgIpc) is 2.77. The maximum absolute atomic E-state index is 13.2. The van der Waals surface area contributed by atoms with E-state index in [1.54, 1.807) is 17.9 Å². The summed E-state index contributed by atoms with van der Waals surface area (Å²) in [5, 5.41) is 2.77. The van der Waals surface area contributed by atoms with Crippen molar-refractivity contribution in [2.45, 2.75) is 25.3 Å². The molecule has 0 atom stereocenters. The summed E-state index contributed by atoms with van der Waals surface area (Å²) in [4.78, 5) is 39.4. The van der Waals surface area contributed by atoms with E-state index < -0.39 is 11.4 Å². The molecule has 3 rings (SSSR count). The lowest BCUT2D eigenvalue weighted by atomic mass is 9.87. The van der Waals surface area contributed by atoms with E-state index in [1.807, 2.05) is 0 Å². The number of hydrogen-bond donors (Lipinski definition) is 1. The van der Waals surface area contributed by atoms with Gasteiger partial charge in [-0.15, -0.1) is 0 Å². The number of nitrogens with zero attached hydrogens (tertiary/aromatic N) is 2. The third-order valence-corrected chi connectivity index (χ3v) is 4.54. The molecule has 4 amide bonds. The minimum Gasteiger partial charge on any atom is -0.338 e. The predicted octanol–water partition coefficient (Wildman–Crippen LogP) is 1.37. The summed E-state index contributed by atoms with van der Waals surface area (Å²) in [6, 6.07) is 5.18. The Hall–Kier alpha value is -2.44. The maximum Gasteiger partial charge on any atom is 0.325 e. The number of piperidine rings is 1. The summed E-state index contributed by atoms with van der Waals surface area (Å²) in [5.41, 5.74) is -0.607. The summed E-state index contributed by atoms with van der Waals surface area (Å²) in [5.74, 6) is -0.938. The number of imide groups is 1. The molecule has 2 saturated heterocycles. The van der Waals surface area contributed by atoms with Crippen LogP contribution in [0.4, 0.5) is 9.18 Å². The topological polar surface area (TPSA) is 69.7 Å². The van der Waals surface area contributed by atoms with Gasteiger partial charge in [-0.05, 0) is 38.0 Å². The Morgan fingerprint density at radius 2 is 2.00 bits per heavy atom. The lowest BCUT2D eigenvalue weighted by molar-refractivity contribution is -0.132. The highest BCUT2D eigenvalue weighted by molar-refractivity contribution is 6.07. The van der Waals surface area contributed by atoms with Gasteiger partial charge in [-0.2, -0.15) is 0 Å². The van der Waals surface area contributed by atoms with Crippen LogP contribution in [-0.2, 0) is 4.79 Å². The first-order valence-corrected chi connectivity index (χ1v) is 7.66. The van der Waals surface area contributed by atoms with Crippen molar-refractivity contribution in [1.82, 2.24) is 15.1 Å². The summed E-state index contributed by atoms with van der Waals surface area (Å²) in [6.07, 6.45) is 0.740. The molecule has 0 aliphatic carbocycles. The second-order valence-electron chi connectivity index (χ2n) is 5.86. The Bertz CT molecular complexity index is 668. The molecule has 2 aliphatic heterocycles. The van der Waals surface area contributed by atoms with Crippen molar-refractivity contribution in [3.63, 3.8) is 0 Å². The van der Waals surface area contributed by atoms with Crippen LogP contribution in [-0.4, -0.2) is 52.8 Å². The Morgan fingerprint density at radius 3 is 2.57 bits per heavy atom. The second-order valence-corrected chi connectivity index (χ2v) is 5.86. The molecule has 122 valence electrons. The van der Waals surface area contributed by atoms with Gasteiger partial charge in [-0.25, -0.2) is 9.18 Å². The van der Waals surface area contributed by atoms with E-state index in [4.69, 9.17) is 0 Å². The van der Waals surface area contributed by atoms with Gasteiger partial charge in [0, 0.05) is 25.2 Å². The van der Waals surface area contributed by atoms with Crippen LogP contribution in [0, 0.1) is 5.82 Å². The van der Waals surface area contributed by atoms with Crippen molar-refractivity contribution in [2.24, 2.45) is 0 Å². The number of urea groups is 1. The standard InChI is InChI=1S/C16H18FN3O3/c1-2-20-14(22)16(18-15(20)23)6-8-19(9-7-16)13(21)11-4-3-5-12(17)10-11/h3-5,10H,2,6-9H2,1H3,(H,18,23). The molecule has 2 fully saturated rings. The van der Waals surface area contributed by atoms with Crippen molar-refractivity contribution in [2.75, 3.05) is 19.6 Å². The molecule has 1 spiro atoms. The normalized spacial score (nSPS) is 20.1. The smallest absolute Gasteiger partial charge is 0.325 e. The Kier molecular flexibility index (Phi) is 3.79. The largest absolute Gasteiger partial charge is 0.338 e. The van der Waals surface area contributed by atoms with Crippen LogP contribution < -0.4 is 5.32 Å². The molecule has 1 aromatic carbocycles. The SMILES string of the molecule is CCN1C(=O)NC2(CCN(C(=O)c3cccc(F)c3)CC2)C1=O. The highest BCUT2D eigenvalue weighted by atomic mass is 19.1. The molecule has 0 unspecified atom stereocenters. The highest BCUT2D eigenvalue weighted by Gasteiger charge is 2.52. The molecule has 0 aromatic heterocycles. The average molecular weight is 319 g/mol. The molecule has 2 heterocycles. The third-order valence-electron chi connectivity index (χ3n) is 4.54. The molecular formula is C16H18FN3O3. The van der Waals surface area contributed by atoms with Gasteiger partial charge in [0.05, 0.1) is 0 Å². The molecule has 0 saturated carbocycles. The van der Waals surface area contributed by atoms with Gasteiger partial charge < -0.3 is 10.2 Å². The maximum atomic E-state index is 13.2.